The highest BCUT2D eigenvalue weighted by atomic mass is 16.5. The summed E-state index contributed by atoms with van der Waals surface area (Å²) in [4.78, 5) is 27.0. The number of carbonyl (C=O) groups excluding carboxylic acids is 2. The first-order valence-corrected chi connectivity index (χ1v) is 11.1. The molecule has 1 N–H and O–H groups in total. The minimum Gasteiger partial charge on any atom is -0.361 e. The van der Waals surface area contributed by atoms with E-state index in [1.165, 1.54) is 25.7 Å². The Morgan fingerprint density at radius 2 is 2.00 bits per heavy atom. The molecule has 1 saturated carbocycles. The van der Waals surface area contributed by atoms with Crippen molar-refractivity contribution < 1.29 is 14.1 Å². The van der Waals surface area contributed by atoms with Gasteiger partial charge in [-0.05, 0) is 18.8 Å². The zero-order valence-corrected chi connectivity index (χ0v) is 17.7. The fourth-order valence-corrected chi connectivity index (χ4v) is 4.90. The lowest BCUT2D eigenvalue weighted by Crippen LogP contribution is -2.45. The molecular formula is C24H31N3O3. The lowest BCUT2D eigenvalue weighted by atomic mass is 9.81. The number of hydrogen-bond donors (Lipinski definition) is 1. The molecule has 1 saturated heterocycles. The van der Waals surface area contributed by atoms with Crippen LogP contribution in [-0.4, -0.2) is 41.5 Å². The van der Waals surface area contributed by atoms with Crippen molar-refractivity contribution in [1.29, 1.82) is 0 Å². The van der Waals surface area contributed by atoms with Crippen LogP contribution in [-0.2, 0) is 16.0 Å². The van der Waals surface area contributed by atoms with Crippen LogP contribution in [0.2, 0.25) is 0 Å². The summed E-state index contributed by atoms with van der Waals surface area (Å²) in [7, 11) is 0. The van der Waals surface area contributed by atoms with Crippen LogP contribution in [0.1, 0.15) is 51.2 Å². The van der Waals surface area contributed by atoms with E-state index < -0.39 is 5.41 Å². The number of likely N-dealkylation sites (tertiary alicyclic amines) is 1. The van der Waals surface area contributed by atoms with E-state index in [1.54, 1.807) is 11.8 Å². The van der Waals surface area contributed by atoms with Crippen LogP contribution >= 0.6 is 0 Å². The van der Waals surface area contributed by atoms with E-state index in [4.69, 9.17) is 4.52 Å². The van der Waals surface area contributed by atoms with E-state index in [1.807, 2.05) is 36.4 Å². The Bertz CT molecular complexity index is 873. The quantitative estimate of drug-likeness (QED) is 0.754. The Balaban J connectivity index is 1.46. The molecule has 1 atom stereocenters. The van der Waals surface area contributed by atoms with Crippen molar-refractivity contribution in [3.05, 3.63) is 42.2 Å². The summed E-state index contributed by atoms with van der Waals surface area (Å²) >= 11 is 0. The Morgan fingerprint density at radius 1 is 1.23 bits per heavy atom. The van der Waals surface area contributed by atoms with E-state index in [0.717, 1.165) is 23.6 Å². The second-order valence-corrected chi connectivity index (χ2v) is 8.89. The van der Waals surface area contributed by atoms with E-state index in [2.05, 4.69) is 10.5 Å². The van der Waals surface area contributed by atoms with Gasteiger partial charge >= 0.3 is 0 Å². The van der Waals surface area contributed by atoms with Gasteiger partial charge in [-0.25, -0.2) is 0 Å². The van der Waals surface area contributed by atoms with E-state index in [9.17, 15) is 9.59 Å². The van der Waals surface area contributed by atoms with Gasteiger partial charge in [0.15, 0.2) is 0 Å². The first kappa shape index (κ1) is 20.6. The topological polar surface area (TPSA) is 75.4 Å². The molecular weight excluding hydrogens is 378 g/mol. The van der Waals surface area contributed by atoms with Crippen LogP contribution in [0.4, 0.5) is 0 Å². The summed E-state index contributed by atoms with van der Waals surface area (Å²) in [6, 6.07) is 11.8. The predicted molar refractivity (Wildman–Crippen MR) is 115 cm³/mol. The van der Waals surface area contributed by atoms with Crippen LogP contribution in [0, 0.1) is 11.3 Å². The lowest BCUT2D eigenvalue weighted by Gasteiger charge is -2.27. The molecule has 30 heavy (non-hydrogen) atoms. The normalized spacial score (nSPS) is 21.8. The van der Waals surface area contributed by atoms with Crippen LogP contribution in [0.15, 0.2) is 40.9 Å². The summed E-state index contributed by atoms with van der Waals surface area (Å²) in [6.07, 6.45) is 7.31. The van der Waals surface area contributed by atoms with Crippen molar-refractivity contribution in [1.82, 2.24) is 15.4 Å². The molecule has 6 heteroatoms. The van der Waals surface area contributed by atoms with Crippen molar-refractivity contribution in [2.45, 2.75) is 51.9 Å². The smallest absolute Gasteiger partial charge is 0.228 e. The van der Waals surface area contributed by atoms with Crippen molar-refractivity contribution in [3.63, 3.8) is 0 Å². The Morgan fingerprint density at radius 3 is 2.70 bits per heavy atom. The Kier molecular flexibility index (Phi) is 6.21. The molecule has 1 aliphatic heterocycles. The molecule has 0 bridgehead atoms. The number of nitrogens with zero attached hydrogens (tertiary/aromatic N) is 2. The number of carbonyl (C=O) groups is 2. The van der Waals surface area contributed by atoms with Gasteiger partial charge in [0.05, 0.1) is 5.41 Å². The van der Waals surface area contributed by atoms with Crippen LogP contribution in [0.25, 0.3) is 11.3 Å². The highest BCUT2D eigenvalue weighted by molar-refractivity contribution is 5.85. The second-order valence-electron chi connectivity index (χ2n) is 8.89. The van der Waals surface area contributed by atoms with Crippen LogP contribution in [0.3, 0.4) is 0 Å². The maximum absolute atomic E-state index is 13.3. The van der Waals surface area contributed by atoms with Gasteiger partial charge < -0.3 is 14.7 Å². The summed E-state index contributed by atoms with van der Waals surface area (Å²) < 4.78 is 5.60. The zero-order chi connectivity index (χ0) is 21.0. The first-order chi connectivity index (χ1) is 14.6. The molecule has 2 fully saturated rings. The van der Waals surface area contributed by atoms with Crippen LogP contribution in [0.5, 0.6) is 0 Å². The molecule has 0 unspecified atom stereocenters. The van der Waals surface area contributed by atoms with Crippen molar-refractivity contribution in [2.75, 3.05) is 19.6 Å². The molecule has 2 aromatic rings. The molecule has 160 valence electrons. The molecule has 0 spiro atoms. The minimum atomic E-state index is -0.658. The van der Waals surface area contributed by atoms with Gasteiger partial charge in [0.2, 0.25) is 11.8 Å². The molecule has 2 amide bonds. The van der Waals surface area contributed by atoms with Gasteiger partial charge in [-0.2, -0.15) is 0 Å². The highest BCUT2D eigenvalue weighted by Gasteiger charge is 2.46. The number of hydrogen-bond acceptors (Lipinski definition) is 4. The van der Waals surface area contributed by atoms with Crippen molar-refractivity contribution in [3.8, 4) is 11.3 Å². The third-order valence-electron chi connectivity index (χ3n) is 6.73. The van der Waals surface area contributed by atoms with Gasteiger partial charge in [0.25, 0.3) is 0 Å². The maximum atomic E-state index is 13.3. The highest BCUT2D eigenvalue weighted by Crippen LogP contribution is 2.36. The van der Waals surface area contributed by atoms with Gasteiger partial charge in [0, 0.05) is 44.6 Å². The van der Waals surface area contributed by atoms with Crippen molar-refractivity contribution >= 4 is 11.8 Å². The fourth-order valence-electron chi connectivity index (χ4n) is 4.90. The molecule has 0 radical (unpaired) electrons. The van der Waals surface area contributed by atoms with E-state index in [-0.39, 0.29) is 11.8 Å². The second kappa shape index (κ2) is 9.02. The molecule has 6 nitrogen and oxygen atoms in total. The standard InChI is InChI=1S/C24H31N3O3/c1-18(28)27-14-12-24(17-27,23(29)25-13-11-19-7-5-6-8-19)16-21-15-22(26-30-21)20-9-3-2-4-10-20/h2-4,9-10,15,19H,5-8,11-14,16-17H2,1H3,(H,25,29)/t24-/m1/s1. The first-order valence-electron chi connectivity index (χ1n) is 11.1. The SMILES string of the molecule is CC(=O)N1CC[C@](Cc2cc(-c3ccccc3)no2)(C(=O)NCCC2CCCC2)C1. The van der Waals surface area contributed by atoms with Crippen LogP contribution < -0.4 is 5.32 Å². The van der Waals surface area contributed by atoms with E-state index >= 15 is 0 Å². The van der Waals surface area contributed by atoms with Gasteiger partial charge in [-0.1, -0.05) is 61.2 Å². The Hall–Kier alpha value is -2.63. The van der Waals surface area contributed by atoms with E-state index in [0.29, 0.717) is 38.2 Å². The summed E-state index contributed by atoms with van der Waals surface area (Å²) in [5.41, 5.74) is 1.10. The number of benzene rings is 1. The van der Waals surface area contributed by atoms with Gasteiger partial charge in [-0.3, -0.25) is 9.59 Å². The number of rotatable bonds is 7. The molecule has 1 aromatic heterocycles. The maximum Gasteiger partial charge on any atom is 0.228 e. The molecule has 4 rings (SSSR count). The molecule has 2 aliphatic rings. The lowest BCUT2D eigenvalue weighted by molar-refractivity contribution is -0.132. The Labute approximate surface area is 178 Å². The zero-order valence-electron chi connectivity index (χ0n) is 17.7. The third kappa shape index (κ3) is 4.58. The number of amides is 2. The average molecular weight is 410 g/mol. The predicted octanol–water partition coefficient (Wildman–Crippen LogP) is 3.82. The third-order valence-corrected chi connectivity index (χ3v) is 6.73. The summed E-state index contributed by atoms with van der Waals surface area (Å²) in [5.74, 6) is 1.46. The van der Waals surface area contributed by atoms with Gasteiger partial charge in [0.1, 0.15) is 11.5 Å². The molecule has 1 aromatic carbocycles. The molecule has 2 heterocycles. The minimum absolute atomic E-state index is 0.0122. The monoisotopic (exact) mass is 409 g/mol. The fraction of sp³-hybridized carbons (Fsp3) is 0.542. The largest absolute Gasteiger partial charge is 0.361 e. The number of aromatic nitrogens is 1. The summed E-state index contributed by atoms with van der Waals surface area (Å²) in [6.45, 7) is 3.30. The number of nitrogens with one attached hydrogen (secondary N) is 1. The average Bonchev–Trinajstić information content (AvgIpc) is 3.50. The molecule has 1 aliphatic carbocycles. The van der Waals surface area contributed by atoms with Crippen molar-refractivity contribution in [2.24, 2.45) is 11.3 Å². The van der Waals surface area contributed by atoms with Gasteiger partial charge in [-0.15, -0.1) is 0 Å². The summed E-state index contributed by atoms with van der Waals surface area (Å²) in [5, 5.41) is 7.37.